The Morgan fingerprint density at radius 3 is 2.40 bits per heavy atom. The highest BCUT2D eigenvalue weighted by Crippen LogP contribution is 2.33. The van der Waals surface area contributed by atoms with Crippen LogP contribution in [-0.2, 0) is 22.2 Å². The van der Waals surface area contributed by atoms with E-state index in [9.17, 15) is 32.7 Å². The van der Waals surface area contributed by atoms with Crippen LogP contribution in [0, 0.1) is 5.92 Å². The molecule has 0 aromatic heterocycles. The minimum atomic E-state index is -4.74. The molecule has 1 unspecified atom stereocenters. The lowest BCUT2D eigenvalue weighted by Crippen LogP contribution is -2.51. The molecule has 0 bridgehead atoms. The smallest absolute Gasteiger partial charge is 0.416 e. The normalized spacial score (nSPS) is 12.5. The summed E-state index contributed by atoms with van der Waals surface area (Å²) in [4.78, 5) is 37.5. The van der Waals surface area contributed by atoms with Crippen LogP contribution in [0.25, 0.3) is 0 Å². The lowest BCUT2D eigenvalue weighted by Gasteiger charge is -2.25. The molecule has 2 aromatic carbocycles. The number of hydrogen-bond donors (Lipinski definition) is 4. The molecule has 1 atom stereocenters. The molecule has 35 heavy (non-hydrogen) atoms. The SMILES string of the molecule is CC(C)CC(=O)N(N)C(Cc1ccccc1C(=O)c1cc(NC=NN)cc(C(F)(F)F)c1)C(=O)O. The Balaban J connectivity index is 2.48. The number of alkyl halides is 3. The Kier molecular flexibility index (Phi) is 8.95. The maximum atomic E-state index is 13.4. The number of hydrazone groups is 1. The number of amides is 1. The highest BCUT2D eigenvalue weighted by atomic mass is 19.4. The first kappa shape index (κ1) is 27.3. The van der Waals surface area contributed by atoms with Gasteiger partial charge in [-0.05, 0) is 29.7 Å². The number of nitrogens with zero attached hydrogens (tertiary/aromatic N) is 2. The van der Waals surface area contributed by atoms with Crippen molar-refractivity contribution in [1.82, 2.24) is 5.01 Å². The fourth-order valence-corrected chi connectivity index (χ4v) is 3.33. The number of nitrogens with two attached hydrogens (primary N) is 2. The summed E-state index contributed by atoms with van der Waals surface area (Å²) >= 11 is 0. The minimum absolute atomic E-state index is 0.0208. The second-order valence-electron chi connectivity index (χ2n) is 8.16. The first-order valence-corrected chi connectivity index (χ1v) is 10.5. The third kappa shape index (κ3) is 7.27. The summed E-state index contributed by atoms with van der Waals surface area (Å²) in [5.74, 6) is 7.95. The van der Waals surface area contributed by atoms with E-state index in [1.54, 1.807) is 19.9 Å². The number of rotatable bonds is 10. The van der Waals surface area contributed by atoms with E-state index in [2.05, 4.69) is 10.4 Å². The monoisotopic (exact) mass is 493 g/mol. The third-order valence-corrected chi connectivity index (χ3v) is 5.00. The summed E-state index contributed by atoms with van der Waals surface area (Å²) in [5, 5.41) is 15.9. The van der Waals surface area contributed by atoms with Crippen molar-refractivity contribution >= 4 is 29.7 Å². The van der Waals surface area contributed by atoms with Crippen molar-refractivity contribution in [2.45, 2.75) is 38.9 Å². The maximum absolute atomic E-state index is 13.4. The summed E-state index contributed by atoms with van der Waals surface area (Å²) < 4.78 is 40.3. The third-order valence-electron chi connectivity index (χ3n) is 5.00. The number of ketones is 1. The maximum Gasteiger partial charge on any atom is 0.416 e. The number of carboxylic acid groups (broad SMARTS) is 1. The number of anilines is 1. The van der Waals surface area contributed by atoms with Gasteiger partial charge < -0.3 is 16.3 Å². The number of hydrazine groups is 1. The molecule has 2 aromatic rings. The Labute approximate surface area is 199 Å². The van der Waals surface area contributed by atoms with E-state index in [1.807, 2.05) is 0 Å². The zero-order valence-electron chi connectivity index (χ0n) is 19.0. The summed E-state index contributed by atoms with van der Waals surface area (Å²) in [5.41, 5.74) is -1.28. The number of hydrogen-bond acceptors (Lipinski definition) is 6. The summed E-state index contributed by atoms with van der Waals surface area (Å²) in [6.07, 6.45) is -4.09. The zero-order chi connectivity index (χ0) is 26.3. The summed E-state index contributed by atoms with van der Waals surface area (Å²) in [6.45, 7) is 3.54. The van der Waals surface area contributed by atoms with Crippen LogP contribution in [0.2, 0.25) is 0 Å². The Hall–Kier alpha value is -3.93. The van der Waals surface area contributed by atoms with Crippen molar-refractivity contribution < 1.29 is 32.7 Å². The van der Waals surface area contributed by atoms with Gasteiger partial charge in [-0.15, -0.1) is 0 Å². The van der Waals surface area contributed by atoms with E-state index >= 15 is 0 Å². The number of benzene rings is 2. The van der Waals surface area contributed by atoms with E-state index < -0.39 is 35.4 Å². The average Bonchev–Trinajstić information content (AvgIpc) is 2.79. The van der Waals surface area contributed by atoms with Crippen LogP contribution < -0.4 is 17.0 Å². The highest BCUT2D eigenvalue weighted by Gasteiger charge is 2.33. The van der Waals surface area contributed by atoms with Gasteiger partial charge in [0.2, 0.25) is 5.91 Å². The van der Waals surface area contributed by atoms with E-state index in [4.69, 9.17) is 11.7 Å². The number of carboxylic acids is 1. The molecule has 0 saturated heterocycles. The summed E-state index contributed by atoms with van der Waals surface area (Å²) in [6, 6.07) is 7.03. The van der Waals surface area contributed by atoms with E-state index in [0.29, 0.717) is 11.1 Å². The fourth-order valence-electron chi connectivity index (χ4n) is 3.33. The van der Waals surface area contributed by atoms with E-state index in [1.165, 1.54) is 24.3 Å². The predicted molar refractivity (Wildman–Crippen MR) is 123 cm³/mol. The van der Waals surface area contributed by atoms with Crippen LogP contribution in [0.3, 0.4) is 0 Å². The molecule has 12 heteroatoms. The second kappa shape index (κ2) is 11.5. The largest absolute Gasteiger partial charge is 0.480 e. The minimum Gasteiger partial charge on any atom is -0.480 e. The van der Waals surface area contributed by atoms with Crippen LogP contribution in [0.5, 0.6) is 0 Å². The van der Waals surface area contributed by atoms with Crippen molar-refractivity contribution in [2.75, 3.05) is 5.32 Å². The standard InChI is InChI=1S/C23H26F3N5O4/c1-13(2)7-20(32)31(28)19(22(34)35)10-14-5-3-4-6-18(14)21(33)15-8-16(23(24,25)26)11-17(9-15)29-12-30-27/h3-6,8-9,11-13,19H,7,10,27-28H2,1-2H3,(H,29,30)(H,34,35). The molecule has 0 saturated carbocycles. The van der Waals surface area contributed by atoms with Crippen LogP contribution in [-0.4, -0.2) is 40.2 Å². The van der Waals surface area contributed by atoms with Gasteiger partial charge in [-0.2, -0.15) is 18.3 Å². The average molecular weight is 493 g/mol. The molecule has 0 aliphatic heterocycles. The van der Waals surface area contributed by atoms with E-state index in [0.717, 1.165) is 12.4 Å². The van der Waals surface area contributed by atoms with Crippen LogP contribution in [0.15, 0.2) is 47.6 Å². The molecule has 0 fully saturated rings. The Bertz CT molecular complexity index is 1120. The number of carbonyl (C=O) groups excluding carboxylic acids is 2. The number of halogens is 3. The molecular weight excluding hydrogens is 467 g/mol. The van der Waals surface area contributed by atoms with Crippen LogP contribution in [0.4, 0.5) is 18.9 Å². The van der Waals surface area contributed by atoms with Crippen LogP contribution in [0.1, 0.15) is 47.3 Å². The lowest BCUT2D eigenvalue weighted by molar-refractivity contribution is -0.150. The van der Waals surface area contributed by atoms with Gasteiger partial charge in [-0.25, -0.2) is 10.6 Å². The Morgan fingerprint density at radius 2 is 1.83 bits per heavy atom. The Morgan fingerprint density at radius 1 is 1.17 bits per heavy atom. The first-order valence-electron chi connectivity index (χ1n) is 10.5. The van der Waals surface area contributed by atoms with Gasteiger partial charge in [-0.3, -0.25) is 14.6 Å². The second-order valence-corrected chi connectivity index (χ2v) is 8.16. The number of carbonyl (C=O) groups is 3. The molecule has 0 radical (unpaired) electrons. The van der Waals surface area contributed by atoms with Gasteiger partial charge in [0, 0.05) is 29.7 Å². The molecular formula is C23H26F3N5O4. The lowest BCUT2D eigenvalue weighted by atomic mass is 9.93. The highest BCUT2D eigenvalue weighted by molar-refractivity contribution is 6.10. The van der Waals surface area contributed by atoms with Crippen molar-refractivity contribution in [1.29, 1.82) is 0 Å². The molecule has 0 aliphatic carbocycles. The van der Waals surface area contributed by atoms with Crippen molar-refractivity contribution in [2.24, 2.45) is 22.7 Å². The van der Waals surface area contributed by atoms with Gasteiger partial charge in [-0.1, -0.05) is 38.1 Å². The quantitative estimate of drug-likeness (QED) is 0.0992. The number of aliphatic carboxylic acids is 1. The van der Waals surface area contributed by atoms with Crippen molar-refractivity contribution in [3.05, 3.63) is 64.7 Å². The topological polar surface area (TPSA) is 151 Å². The fraction of sp³-hybridized carbons (Fsp3) is 0.304. The molecule has 188 valence electrons. The molecule has 9 nitrogen and oxygen atoms in total. The van der Waals surface area contributed by atoms with Crippen molar-refractivity contribution in [3.8, 4) is 0 Å². The molecule has 0 aliphatic rings. The molecule has 6 N–H and O–H groups in total. The van der Waals surface area contributed by atoms with Crippen molar-refractivity contribution in [3.63, 3.8) is 0 Å². The van der Waals surface area contributed by atoms with E-state index in [-0.39, 0.29) is 41.1 Å². The van der Waals surface area contributed by atoms with Gasteiger partial charge >= 0.3 is 12.1 Å². The van der Waals surface area contributed by atoms with Gasteiger partial charge in [0.25, 0.3) is 0 Å². The molecule has 1 amide bonds. The van der Waals surface area contributed by atoms with Gasteiger partial charge in [0.05, 0.1) is 5.56 Å². The predicted octanol–water partition coefficient (Wildman–Crippen LogP) is 2.99. The molecule has 0 spiro atoms. The number of nitrogens with one attached hydrogen (secondary N) is 1. The first-order chi connectivity index (χ1) is 16.3. The van der Waals surface area contributed by atoms with Crippen LogP contribution >= 0.6 is 0 Å². The van der Waals surface area contributed by atoms with Gasteiger partial charge in [0.1, 0.15) is 12.4 Å². The molecule has 0 heterocycles. The zero-order valence-corrected chi connectivity index (χ0v) is 19.0. The molecule has 2 rings (SSSR count). The summed E-state index contributed by atoms with van der Waals surface area (Å²) in [7, 11) is 0. The van der Waals surface area contributed by atoms with Gasteiger partial charge in [0.15, 0.2) is 5.78 Å².